The number of halogens is 1. The summed E-state index contributed by atoms with van der Waals surface area (Å²) >= 11 is 4.66. The van der Waals surface area contributed by atoms with Gasteiger partial charge in [0.2, 0.25) is 5.91 Å². The maximum Gasteiger partial charge on any atom is 0.261 e. The van der Waals surface area contributed by atoms with Crippen molar-refractivity contribution in [3.8, 4) is 11.3 Å². The number of carbonyl (C=O) groups excluding carboxylic acids is 1. The van der Waals surface area contributed by atoms with Crippen LogP contribution in [0.2, 0.25) is 0 Å². The highest BCUT2D eigenvalue weighted by Crippen LogP contribution is 2.29. The van der Waals surface area contributed by atoms with Crippen molar-refractivity contribution >= 4 is 49.2 Å². The number of benzene rings is 1. The molecule has 1 amide bonds. The lowest BCUT2D eigenvalue weighted by Gasteiger charge is -2.06. The summed E-state index contributed by atoms with van der Waals surface area (Å²) in [5.74, 6) is 1.24. The first-order valence-electron chi connectivity index (χ1n) is 8.38. The lowest BCUT2D eigenvalue weighted by Crippen LogP contribution is -2.27. The minimum absolute atomic E-state index is 0.146. The monoisotopic (exact) mass is 458 g/mol. The minimum Gasteiger partial charge on any atom is -0.466 e. The Morgan fingerprint density at radius 2 is 2.14 bits per heavy atom. The highest BCUT2D eigenvalue weighted by molar-refractivity contribution is 9.10. The third-order valence-corrected chi connectivity index (χ3v) is 5.42. The Morgan fingerprint density at radius 1 is 1.32 bits per heavy atom. The van der Waals surface area contributed by atoms with E-state index in [0.29, 0.717) is 16.0 Å². The lowest BCUT2D eigenvalue weighted by atomic mass is 10.2. The van der Waals surface area contributed by atoms with E-state index in [9.17, 15) is 9.59 Å². The largest absolute Gasteiger partial charge is 0.466 e. The predicted octanol–water partition coefficient (Wildman–Crippen LogP) is 4.13. The van der Waals surface area contributed by atoms with Gasteiger partial charge in [-0.1, -0.05) is 15.9 Å². The fourth-order valence-electron chi connectivity index (χ4n) is 2.90. The number of rotatable bonds is 4. The fourth-order valence-corrected chi connectivity index (χ4v) is 3.99. The highest BCUT2D eigenvalue weighted by Gasteiger charge is 2.14. The van der Waals surface area contributed by atoms with Gasteiger partial charge in [0.1, 0.15) is 18.1 Å². The second-order valence-electron chi connectivity index (χ2n) is 6.25. The standard InChI is InChI=1S/C19H15BrN4O3S/c1-10-5-13(11(2)27-10)16-8-28-19(22-16)23-17(25)7-24-9-21-15-4-3-12(20)6-14(15)18(24)26/h3-6,8-9H,7H2,1-2H3,(H,22,23,25). The molecule has 3 heterocycles. The number of carbonyl (C=O) groups is 1. The first kappa shape index (κ1) is 18.6. The molecule has 1 N–H and O–H groups in total. The van der Waals surface area contributed by atoms with E-state index in [-0.39, 0.29) is 18.0 Å². The van der Waals surface area contributed by atoms with Gasteiger partial charge in [-0.25, -0.2) is 9.97 Å². The Labute approximate surface area is 172 Å². The van der Waals surface area contributed by atoms with Gasteiger partial charge in [0, 0.05) is 15.4 Å². The van der Waals surface area contributed by atoms with Crippen LogP contribution in [-0.2, 0) is 11.3 Å². The zero-order valence-corrected chi connectivity index (χ0v) is 17.4. The van der Waals surface area contributed by atoms with Gasteiger partial charge in [-0.15, -0.1) is 11.3 Å². The van der Waals surface area contributed by atoms with Crippen LogP contribution in [0, 0.1) is 13.8 Å². The molecule has 0 saturated carbocycles. The van der Waals surface area contributed by atoms with E-state index in [4.69, 9.17) is 4.42 Å². The van der Waals surface area contributed by atoms with Crippen LogP contribution in [0.15, 0.2) is 49.7 Å². The van der Waals surface area contributed by atoms with Crippen LogP contribution >= 0.6 is 27.3 Å². The van der Waals surface area contributed by atoms with E-state index < -0.39 is 0 Å². The molecule has 7 nitrogen and oxygen atoms in total. The van der Waals surface area contributed by atoms with E-state index in [0.717, 1.165) is 27.3 Å². The molecule has 0 bridgehead atoms. The highest BCUT2D eigenvalue weighted by atomic mass is 79.9. The van der Waals surface area contributed by atoms with Gasteiger partial charge in [-0.3, -0.25) is 14.2 Å². The SMILES string of the molecule is Cc1cc(-c2csc(NC(=O)Cn3cnc4ccc(Br)cc4c3=O)n2)c(C)o1. The third kappa shape index (κ3) is 3.63. The summed E-state index contributed by atoms with van der Waals surface area (Å²) in [5, 5.41) is 5.50. The number of aromatic nitrogens is 3. The molecule has 0 aliphatic carbocycles. The molecule has 4 aromatic rings. The van der Waals surface area contributed by atoms with E-state index in [2.05, 4.69) is 31.2 Å². The molecule has 4 rings (SSSR count). The maximum absolute atomic E-state index is 12.6. The Balaban J connectivity index is 1.52. The molecular formula is C19H15BrN4O3S. The third-order valence-electron chi connectivity index (χ3n) is 4.17. The normalized spacial score (nSPS) is 11.1. The summed E-state index contributed by atoms with van der Waals surface area (Å²) in [7, 11) is 0. The summed E-state index contributed by atoms with van der Waals surface area (Å²) in [6.45, 7) is 3.60. The van der Waals surface area contributed by atoms with Crippen LogP contribution in [0.3, 0.4) is 0 Å². The number of fused-ring (bicyclic) bond motifs is 1. The van der Waals surface area contributed by atoms with Crippen molar-refractivity contribution in [2.45, 2.75) is 20.4 Å². The number of aryl methyl sites for hydroxylation is 2. The molecule has 0 fully saturated rings. The van der Waals surface area contributed by atoms with Crippen molar-refractivity contribution in [1.29, 1.82) is 0 Å². The van der Waals surface area contributed by atoms with Crippen LogP contribution < -0.4 is 10.9 Å². The predicted molar refractivity (Wildman–Crippen MR) is 112 cm³/mol. The number of furan rings is 1. The number of anilines is 1. The van der Waals surface area contributed by atoms with Crippen molar-refractivity contribution in [2.75, 3.05) is 5.32 Å². The van der Waals surface area contributed by atoms with Gasteiger partial charge in [0.15, 0.2) is 5.13 Å². The summed E-state index contributed by atoms with van der Waals surface area (Å²) < 4.78 is 7.58. The Bertz CT molecular complexity index is 1260. The van der Waals surface area contributed by atoms with E-state index in [1.807, 2.05) is 31.4 Å². The smallest absolute Gasteiger partial charge is 0.261 e. The molecule has 0 atom stereocenters. The summed E-state index contributed by atoms with van der Waals surface area (Å²) in [5.41, 5.74) is 1.95. The van der Waals surface area contributed by atoms with Gasteiger partial charge >= 0.3 is 0 Å². The van der Waals surface area contributed by atoms with Gasteiger partial charge < -0.3 is 9.73 Å². The first-order chi connectivity index (χ1) is 13.4. The van der Waals surface area contributed by atoms with E-state index in [1.54, 1.807) is 12.1 Å². The summed E-state index contributed by atoms with van der Waals surface area (Å²) in [6.07, 6.45) is 1.38. The summed E-state index contributed by atoms with van der Waals surface area (Å²) in [6, 6.07) is 7.17. The zero-order valence-electron chi connectivity index (χ0n) is 15.0. The fraction of sp³-hybridized carbons (Fsp3) is 0.158. The molecular weight excluding hydrogens is 444 g/mol. The molecule has 0 unspecified atom stereocenters. The molecule has 0 saturated heterocycles. The number of amides is 1. The Morgan fingerprint density at radius 3 is 2.89 bits per heavy atom. The second kappa shape index (κ2) is 7.33. The molecule has 9 heteroatoms. The van der Waals surface area contributed by atoms with Gasteiger partial charge in [-0.05, 0) is 38.1 Å². The molecule has 1 aromatic carbocycles. The van der Waals surface area contributed by atoms with Crippen LogP contribution in [0.1, 0.15) is 11.5 Å². The van der Waals surface area contributed by atoms with Crippen molar-refractivity contribution in [3.05, 3.63) is 62.3 Å². The second-order valence-corrected chi connectivity index (χ2v) is 8.03. The van der Waals surface area contributed by atoms with Gasteiger partial charge in [0.05, 0.1) is 22.9 Å². The van der Waals surface area contributed by atoms with E-state index >= 15 is 0 Å². The molecule has 28 heavy (non-hydrogen) atoms. The number of nitrogens with zero attached hydrogens (tertiary/aromatic N) is 3. The minimum atomic E-state index is -0.348. The molecule has 0 aliphatic rings. The Kier molecular flexibility index (Phi) is 4.86. The van der Waals surface area contributed by atoms with Crippen LogP contribution in [0.25, 0.3) is 22.2 Å². The van der Waals surface area contributed by atoms with Crippen LogP contribution in [0.5, 0.6) is 0 Å². The quantitative estimate of drug-likeness (QED) is 0.496. The molecule has 142 valence electrons. The van der Waals surface area contributed by atoms with Crippen molar-refractivity contribution in [2.24, 2.45) is 0 Å². The van der Waals surface area contributed by atoms with Crippen molar-refractivity contribution in [3.63, 3.8) is 0 Å². The summed E-state index contributed by atoms with van der Waals surface area (Å²) in [4.78, 5) is 33.7. The van der Waals surface area contributed by atoms with Crippen LogP contribution in [0.4, 0.5) is 5.13 Å². The maximum atomic E-state index is 12.6. The zero-order chi connectivity index (χ0) is 19.8. The molecule has 3 aromatic heterocycles. The molecule has 0 radical (unpaired) electrons. The molecule has 0 spiro atoms. The van der Waals surface area contributed by atoms with Crippen molar-refractivity contribution < 1.29 is 9.21 Å². The first-order valence-corrected chi connectivity index (χ1v) is 10.1. The van der Waals surface area contributed by atoms with Crippen molar-refractivity contribution in [1.82, 2.24) is 14.5 Å². The van der Waals surface area contributed by atoms with Gasteiger partial charge in [0.25, 0.3) is 5.56 Å². The number of thiazole rings is 1. The van der Waals surface area contributed by atoms with Gasteiger partial charge in [-0.2, -0.15) is 0 Å². The molecule has 0 aliphatic heterocycles. The topological polar surface area (TPSA) is 90.0 Å². The number of nitrogens with one attached hydrogen (secondary N) is 1. The van der Waals surface area contributed by atoms with Crippen LogP contribution in [-0.4, -0.2) is 20.4 Å². The lowest BCUT2D eigenvalue weighted by molar-refractivity contribution is -0.116. The number of hydrogen-bond donors (Lipinski definition) is 1. The average molecular weight is 459 g/mol. The average Bonchev–Trinajstić information content (AvgIpc) is 3.23. The van der Waals surface area contributed by atoms with E-state index in [1.165, 1.54) is 22.2 Å². The number of hydrogen-bond acceptors (Lipinski definition) is 6. The Hall–Kier alpha value is -2.78.